The highest BCUT2D eigenvalue weighted by Gasteiger charge is 2.57. The van der Waals surface area contributed by atoms with Gasteiger partial charge in [-0.1, -0.05) is 30.3 Å². The SMILES string of the molecule is CN1C(=O)N(Cc2ccccc2)C2(CCN(C(=O)c3ncc[nH]c3=O)CC2)C1=O. The van der Waals surface area contributed by atoms with Crippen LogP contribution < -0.4 is 5.56 Å². The quantitative estimate of drug-likeness (QED) is 0.775. The van der Waals surface area contributed by atoms with Gasteiger partial charge in [0.2, 0.25) is 0 Å². The molecule has 3 heterocycles. The Hall–Kier alpha value is -3.49. The summed E-state index contributed by atoms with van der Waals surface area (Å²) in [6.07, 6.45) is 3.34. The molecule has 2 fully saturated rings. The number of benzene rings is 1. The van der Waals surface area contributed by atoms with Gasteiger partial charge in [-0.2, -0.15) is 0 Å². The molecule has 0 saturated carbocycles. The first-order valence-electron chi connectivity index (χ1n) is 9.41. The van der Waals surface area contributed by atoms with E-state index in [0.29, 0.717) is 19.4 Å². The first-order valence-corrected chi connectivity index (χ1v) is 9.41. The van der Waals surface area contributed by atoms with Crippen molar-refractivity contribution in [2.24, 2.45) is 0 Å². The lowest BCUT2D eigenvalue weighted by atomic mass is 9.85. The van der Waals surface area contributed by atoms with Crippen LogP contribution in [-0.2, 0) is 11.3 Å². The molecule has 2 aliphatic heterocycles. The average Bonchev–Trinajstić information content (AvgIpc) is 2.91. The zero-order valence-electron chi connectivity index (χ0n) is 16.0. The summed E-state index contributed by atoms with van der Waals surface area (Å²) in [5.41, 5.74) is -0.762. The topological polar surface area (TPSA) is 107 Å². The van der Waals surface area contributed by atoms with Gasteiger partial charge in [0.25, 0.3) is 17.4 Å². The molecule has 1 spiro atoms. The lowest BCUT2D eigenvalue weighted by molar-refractivity contribution is -0.134. The van der Waals surface area contributed by atoms with Gasteiger partial charge in [0.05, 0.1) is 0 Å². The number of nitrogens with zero attached hydrogens (tertiary/aromatic N) is 4. The number of amides is 4. The highest BCUT2D eigenvalue weighted by Crippen LogP contribution is 2.38. The second-order valence-corrected chi connectivity index (χ2v) is 7.31. The Kier molecular flexibility index (Phi) is 4.65. The van der Waals surface area contributed by atoms with Crippen LogP contribution in [0.25, 0.3) is 0 Å². The zero-order valence-corrected chi connectivity index (χ0v) is 16.0. The minimum atomic E-state index is -0.977. The number of nitrogens with one attached hydrogen (secondary N) is 1. The Balaban J connectivity index is 1.56. The van der Waals surface area contributed by atoms with Crippen LogP contribution in [0.4, 0.5) is 4.79 Å². The third kappa shape index (κ3) is 3.08. The van der Waals surface area contributed by atoms with Crippen molar-refractivity contribution in [1.29, 1.82) is 0 Å². The Morgan fingerprint density at radius 1 is 1.14 bits per heavy atom. The lowest BCUT2D eigenvalue weighted by Crippen LogP contribution is -2.57. The molecule has 0 unspecified atom stereocenters. The fourth-order valence-corrected chi connectivity index (χ4v) is 4.08. The summed E-state index contributed by atoms with van der Waals surface area (Å²) < 4.78 is 0. The van der Waals surface area contributed by atoms with Gasteiger partial charge in [-0.15, -0.1) is 0 Å². The van der Waals surface area contributed by atoms with E-state index in [9.17, 15) is 19.2 Å². The standard InChI is InChI=1S/C20H21N5O4/c1-23-18(28)20(25(19(23)29)13-14-5-3-2-4-6-14)7-11-24(12-8-20)17(27)15-16(26)22-10-9-21-15/h2-6,9-10H,7-8,11-13H2,1H3,(H,22,26). The Bertz CT molecular complexity index is 1010. The van der Waals surface area contributed by atoms with Crippen LogP contribution in [0.3, 0.4) is 0 Å². The van der Waals surface area contributed by atoms with E-state index in [1.807, 2.05) is 30.3 Å². The molecule has 0 atom stereocenters. The number of imide groups is 1. The third-order valence-electron chi connectivity index (χ3n) is 5.71. The van der Waals surface area contributed by atoms with E-state index in [1.165, 1.54) is 24.3 Å². The maximum absolute atomic E-state index is 13.0. The highest BCUT2D eigenvalue weighted by atomic mass is 16.2. The van der Waals surface area contributed by atoms with Gasteiger partial charge in [-0.3, -0.25) is 19.3 Å². The molecular formula is C20H21N5O4. The summed E-state index contributed by atoms with van der Waals surface area (Å²) in [7, 11) is 1.49. The molecule has 2 saturated heterocycles. The van der Waals surface area contributed by atoms with Gasteiger partial charge in [0.1, 0.15) is 5.54 Å². The first kappa shape index (κ1) is 18.9. The number of carbonyl (C=O) groups is 3. The van der Waals surface area contributed by atoms with Crippen LogP contribution in [0, 0.1) is 0 Å². The van der Waals surface area contributed by atoms with Gasteiger partial charge in [0, 0.05) is 39.1 Å². The van der Waals surface area contributed by atoms with Crippen LogP contribution in [0.5, 0.6) is 0 Å². The molecule has 150 valence electrons. The van der Waals surface area contributed by atoms with Crippen LogP contribution in [0.2, 0.25) is 0 Å². The molecule has 9 nitrogen and oxygen atoms in total. The fraction of sp³-hybridized carbons (Fsp3) is 0.350. The van der Waals surface area contributed by atoms with Crippen LogP contribution >= 0.6 is 0 Å². The number of rotatable bonds is 3. The summed E-state index contributed by atoms with van der Waals surface area (Å²) in [5.74, 6) is -0.720. The second-order valence-electron chi connectivity index (χ2n) is 7.31. The number of likely N-dealkylation sites (N-methyl/N-ethyl adjacent to an activating group) is 1. The normalized spacial score (nSPS) is 18.6. The third-order valence-corrected chi connectivity index (χ3v) is 5.71. The second kappa shape index (κ2) is 7.16. The predicted octanol–water partition coefficient (Wildman–Crippen LogP) is 0.839. The smallest absolute Gasteiger partial charge is 0.327 e. The Morgan fingerprint density at radius 2 is 1.83 bits per heavy atom. The summed E-state index contributed by atoms with van der Waals surface area (Å²) in [4.78, 5) is 60.9. The number of urea groups is 1. The van der Waals surface area contributed by atoms with Crippen molar-refractivity contribution in [3.05, 3.63) is 64.3 Å². The minimum Gasteiger partial charge on any atom is -0.337 e. The van der Waals surface area contributed by atoms with E-state index in [1.54, 1.807) is 4.90 Å². The molecule has 29 heavy (non-hydrogen) atoms. The van der Waals surface area contributed by atoms with Gasteiger partial charge in [-0.05, 0) is 18.4 Å². The molecule has 4 rings (SSSR count). The van der Waals surface area contributed by atoms with Crippen molar-refractivity contribution in [2.75, 3.05) is 20.1 Å². The summed E-state index contributed by atoms with van der Waals surface area (Å²) in [6.45, 7) is 0.837. The monoisotopic (exact) mass is 395 g/mol. The van der Waals surface area contributed by atoms with Crippen molar-refractivity contribution in [2.45, 2.75) is 24.9 Å². The van der Waals surface area contributed by atoms with E-state index in [2.05, 4.69) is 9.97 Å². The average molecular weight is 395 g/mol. The number of likely N-dealkylation sites (tertiary alicyclic amines) is 1. The number of aromatic nitrogens is 2. The largest absolute Gasteiger partial charge is 0.337 e. The van der Waals surface area contributed by atoms with E-state index in [-0.39, 0.29) is 30.7 Å². The Labute approximate surface area is 166 Å². The summed E-state index contributed by atoms with van der Waals surface area (Å²) >= 11 is 0. The molecular weight excluding hydrogens is 374 g/mol. The molecule has 0 aliphatic carbocycles. The first-order chi connectivity index (χ1) is 13.9. The van der Waals surface area contributed by atoms with Crippen LogP contribution in [-0.4, -0.2) is 68.2 Å². The van der Waals surface area contributed by atoms with Gasteiger partial charge in [0.15, 0.2) is 5.69 Å². The number of carbonyl (C=O) groups excluding carboxylic acids is 3. The van der Waals surface area contributed by atoms with Crippen molar-refractivity contribution in [3.8, 4) is 0 Å². The Morgan fingerprint density at radius 3 is 2.48 bits per heavy atom. The van der Waals surface area contributed by atoms with Crippen LogP contribution in [0.1, 0.15) is 28.9 Å². The predicted molar refractivity (Wildman–Crippen MR) is 103 cm³/mol. The maximum atomic E-state index is 13.0. The molecule has 4 amide bonds. The van der Waals surface area contributed by atoms with Crippen molar-refractivity contribution >= 4 is 17.8 Å². The van der Waals surface area contributed by atoms with E-state index < -0.39 is 17.0 Å². The fourth-order valence-electron chi connectivity index (χ4n) is 4.08. The van der Waals surface area contributed by atoms with Crippen molar-refractivity contribution in [3.63, 3.8) is 0 Å². The number of hydrogen-bond donors (Lipinski definition) is 1. The van der Waals surface area contributed by atoms with Gasteiger partial charge < -0.3 is 14.8 Å². The maximum Gasteiger partial charge on any atom is 0.327 e. The van der Waals surface area contributed by atoms with E-state index in [0.717, 1.165) is 10.5 Å². The molecule has 9 heteroatoms. The number of aromatic amines is 1. The number of piperidine rings is 1. The number of hydrogen-bond acceptors (Lipinski definition) is 5. The minimum absolute atomic E-state index is 0.171. The summed E-state index contributed by atoms with van der Waals surface area (Å²) in [6, 6.07) is 9.16. The molecule has 1 aromatic heterocycles. The van der Waals surface area contributed by atoms with Gasteiger partial charge in [-0.25, -0.2) is 9.78 Å². The molecule has 0 radical (unpaired) electrons. The van der Waals surface area contributed by atoms with Gasteiger partial charge >= 0.3 is 6.03 Å². The van der Waals surface area contributed by atoms with E-state index >= 15 is 0 Å². The molecule has 1 aromatic carbocycles. The zero-order chi connectivity index (χ0) is 20.6. The van der Waals surface area contributed by atoms with E-state index in [4.69, 9.17) is 0 Å². The highest BCUT2D eigenvalue weighted by molar-refractivity contribution is 6.07. The molecule has 2 aliphatic rings. The van der Waals surface area contributed by atoms with Crippen LogP contribution in [0.15, 0.2) is 47.5 Å². The molecule has 1 N–H and O–H groups in total. The molecule has 0 bridgehead atoms. The van der Waals surface area contributed by atoms with Crippen molar-refractivity contribution in [1.82, 2.24) is 24.7 Å². The lowest BCUT2D eigenvalue weighted by Gasteiger charge is -2.42. The molecule has 2 aromatic rings. The number of H-pyrrole nitrogens is 1. The summed E-state index contributed by atoms with van der Waals surface area (Å²) in [5, 5.41) is 0. The van der Waals surface area contributed by atoms with Crippen molar-refractivity contribution < 1.29 is 14.4 Å².